The summed E-state index contributed by atoms with van der Waals surface area (Å²) in [7, 11) is 3.91. The van der Waals surface area contributed by atoms with Crippen LogP contribution in [-0.4, -0.2) is 49.7 Å². The summed E-state index contributed by atoms with van der Waals surface area (Å²) in [6, 6.07) is -0.381. The number of likely N-dealkylation sites (N-methyl/N-ethyl adjacent to an activating group) is 1. The second-order valence-corrected chi connectivity index (χ2v) is 4.17. The summed E-state index contributed by atoms with van der Waals surface area (Å²) in [4.78, 5) is 17.0. The maximum absolute atomic E-state index is 10.9. The SMILES string of the molecule is CN(C)C1=CC=NC(C=O)C1OC1CC1. The van der Waals surface area contributed by atoms with Crippen LogP contribution in [0.1, 0.15) is 12.8 Å². The molecule has 4 heteroatoms. The first-order valence-corrected chi connectivity index (χ1v) is 5.24. The number of carbonyl (C=O) groups excluding carboxylic acids is 1. The maximum Gasteiger partial charge on any atom is 0.147 e. The molecule has 0 bridgehead atoms. The van der Waals surface area contributed by atoms with Crippen LogP contribution in [0.4, 0.5) is 0 Å². The minimum atomic E-state index is -0.381. The van der Waals surface area contributed by atoms with E-state index >= 15 is 0 Å². The van der Waals surface area contributed by atoms with E-state index in [2.05, 4.69) is 4.99 Å². The van der Waals surface area contributed by atoms with Gasteiger partial charge in [-0.1, -0.05) is 0 Å². The average molecular weight is 208 g/mol. The molecule has 0 radical (unpaired) electrons. The number of aliphatic imine (C=N–C) groups is 1. The predicted molar refractivity (Wildman–Crippen MR) is 58.0 cm³/mol. The quantitative estimate of drug-likeness (QED) is 0.636. The second-order valence-electron chi connectivity index (χ2n) is 4.17. The highest BCUT2D eigenvalue weighted by atomic mass is 16.5. The third kappa shape index (κ3) is 2.26. The van der Waals surface area contributed by atoms with Crippen molar-refractivity contribution in [2.45, 2.75) is 31.1 Å². The van der Waals surface area contributed by atoms with Gasteiger partial charge in [-0.2, -0.15) is 0 Å². The number of hydrogen-bond donors (Lipinski definition) is 0. The van der Waals surface area contributed by atoms with Crippen molar-refractivity contribution < 1.29 is 9.53 Å². The van der Waals surface area contributed by atoms with Gasteiger partial charge in [-0.3, -0.25) is 4.99 Å². The van der Waals surface area contributed by atoms with Crippen LogP contribution in [0.5, 0.6) is 0 Å². The largest absolute Gasteiger partial charge is 0.379 e. The number of nitrogens with zero attached hydrogens (tertiary/aromatic N) is 2. The third-order valence-electron chi connectivity index (χ3n) is 2.62. The topological polar surface area (TPSA) is 41.9 Å². The van der Waals surface area contributed by atoms with Crippen molar-refractivity contribution in [3.8, 4) is 0 Å². The molecule has 2 rings (SSSR count). The number of dihydropyridines is 1. The Hall–Kier alpha value is -1.16. The maximum atomic E-state index is 10.9. The zero-order valence-corrected chi connectivity index (χ0v) is 9.09. The fourth-order valence-corrected chi connectivity index (χ4v) is 1.64. The molecule has 1 fully saturated rings. The number of rotatable bonds is 4. The van der Waals surface area contributed by atoms with Crippen molar-refractivity contribution in [1.29, 1.82) is 0 Å². The standard InChI is InChI=1S/C11H16N2O2/c1-13(2)10-5-6-12-9(7-14)11(10)15-8-3-4-8/h5-9,11H,3-4H2,1-2H3. The van der Waals surface area contributed by atoms with Gasteiger partial charge in [-0.25, -0.2) is 0 Å². The molecule has 15 heavy (non-hydrogen) atoms. The van der Waals surface area contributed by atoms with E-state index in [9.17, 15) is 4.79 Å². The Balaban J connectivity index is 2.13. The first-order valence-electron chi connectivity index (χ1n) is 5.24. The highest BCUT2D eigenvalue weighted by molar-refractivity contribution is 5.78. The summed E-state index contributed by atoms with van der Waals surface area (Å²) in [5.41, 5.74) is 1.02. The summed E-state index contributed by atoms with van der Waals surface area (Å²) < 4.78 is 5.82. The Kier molecular flexibility index (Phi) is 2.86. The predicted octanol–water partition coefficient (Wildman–Crippen LogP) is 0.631. The highest BCUT2D eigenvalue weighted by Gasteiger charge is 2.34. The molecule has 0 aromatic heterocycles. The van der Waals surface area contributed by atoms with E-state index in [1.165, 1.54) is 0 Å². The molecule has 82 valence electrons. The number of aldehydes is 1. The monoisotopic (exact) mass is 208 g/mol. The lowest BCUT2D eigenvalue weighted by molar-refractivity contribution is -0.111. The van der Waals surface area contributed by atoms with Crippen LogP contribution in [0.2, 0.25) is 0 Å². The summed E-state index contributed by atoms with van der Waals surface area (Å²) >= 11 is 0. The van der Waals surface area contributed by atoms with Gasteiger partial charge in [0.05, 0.1) is 6.10 Å². The van der Waals surface area contributed by atoms with E-state index < -0.39 is 0 Å². The number of ether oxygens (including phenoxy) is 1. The van der Waals surface area contributed by atoms with E-state index in [-0.39, 0.29) is 12.1 Å². The average Bonchev–Trinajstić information content (AvgIpc) is 3.01. The zero-order chi connectivity index (χ0) is 10.8. The summed E-state index contributed by atoms with van der Waals surface area (Å²) in [6.45, 7) is 0. The van der Waals surface area contributed by atoms with Crippen LogP contribution < -0.4 is 0 Å². The van der Waals surface area contributed by atoms with Crippen LogP contribution in [0, 0.1) is 0 Å². The van der Waals surface area contributed by atoms with E-state index in [1.54, 1.807) is 6.21 Å². The smallest absolute Gasteiger partial charge is 0.147 e. The molecular formula is C11H16N2O2. The molecular weight excluding hydrogens is 192 g/mol. The molecule has 0 spiro atoms. The molecule has 0 aromatic carbocycles. The highest BCUT2D eigenvalue weighted by Crippen LogP contribution is 2.29. The van der Waals surface area contributed by atoms with E-state index in [0.717, 1.165) is 24.8 Å². The molecule has 1 heterocycles. The van der Waals surface area contributed by atoms with Gasteiger partial charge in [0.25, 0.3) is 0 Å². The molecule has 1 aliphatic heterocycles. The molecule has 0 N–H and O–H groups in total. The lowest BCUT2D eigenvalue weighted by Gasteiger charge is -2.30. The van der Waals surface area contributed by atoms with Crippen molar-refractivity contribution in [3.05, 3.63) is 11.8 Å². The Morgan fingerprint density at radius 3 is 2.80 bits per heavy atom. The van der Waals surface area contributed by atoms with E-state index in [0.29, 0.717) is 6.10 Å². The van der Waals surface area contributed by atoms with Crippen molar-refractivity contribution in [1.82, 2.24) is 4.90 Å². The number of carbonyl (C=O) groups is 1. The van der Waals surface area contributed by atoms with Crippen LogP contribution in [-0.2, 0) is 9.53 Å². The van der Waals surface area contributed by atoms with Gasteiger partial charge >= 0.3 is 0 Å². The van der Waals surface area contributed by atoms with Gasteiger partial charge in [0, 0.05) is 26.0 Å². The van der Waals surface area contributed by atoms with Crippen molar-refractivity contribution in [2.75, 3.05) is 14.1 Å². The van der Waals surface area contributed by atoms with Gasteiger partial charge in [-0.05, 0) is 18.9 Å². The van der Waals surface area contributed by atoms with E-state index in [4.69, 9.17) is 4.74 Å². The number of hydrogen-bond acceptors (Lipinski definition) is 4. The summed E-state index contributed by atoms with van der Waals surface area (Å²) in [5.74, 6) is 0. The van der Waals surface area contributed by atoms with Crippen LogP contribution in [0.25, 0.3) is 0 Å². The normalized spacial score (nSPS) is 29.9. The van der Waals surface area contributed by atoms with Gasteiger partial charge in [0.15, 0.2) is 0 Å². The van der Waals surface area contributed by atoms with Crippen LogP contribution >= 0.6 is 0 Å². The van der Waals surface area contributed by atoms with Crippen LogP contribution in [0.3, 0.4) is 0 Å². The fraction of sp³-hybridized carbons (Fsp3) is 0.636. The minimum absolute atomic E-state index is 0.199. The van der Waals surface area contributed by atoms with Gasteiger partial charge in [0.1, 0.15) is 18.4 Å². The Morgan fingerprint density at radius 1 is 1.53 bits per heavy atom. The lowest BCUT2D eigenvalue weighted by atomic mass is 10.1. The molecule has 0 aromatic rings. The molecule has 0 saturated heterocycles. The molecule has 1 aliphatic carbocycles. The summed E-state index contributed by atoms with van der Waals surface area (Å²) in [6.07, 6.45) is 6.79. The molecule has 4 nitrogen and oxygen atoms in total. The van der Waals surface area contributed by atoms with Crippen molar-refractivity contribution >= 4 is 12.5 Å². The minimum Gasteiger partial charge on any atom is -0.379 e. The molecule has 1 saturated carbocycles. The second kappa shape index (κ2) is 4.14. The molecule has 2 aliphatic rings. The van der Waals surface area contributed by atoms with Crippen molar-refractivity contribution in [3.63, 3.8) is 0 Å². The summed E-state index contributed by atoms with van der Waals surface area (Å²) in [5, 5.41) is 0. The Bertz CT molecular complexity index is 306. The molecule has 0 amide bonds. The Labute approximate surface area is 89.6 Å². The zero-order valence-electron chi connectivity index (χ0n) is 9.09. The van der Waals surface area contributed by atoms with Gasteiger partial charge in [0.2, 0.25) is 0 Å². The van der Waals surface area contributed by atoms with Crippen LogP contribution in [0.15, 0.2) is 16.8 Å². The van der Waals surface area contributed by atoms with Gasteiger partial charge in [-0.15, -0.1) is 0 Å². The molecule has 2 unspecified atom stereocenters. The third-order valence-corrected chi connectivity index (χ3v) is 2.62. The lowest BCUT2D eigenvalue weighted by Crippen LogP contribution is -2.38. The van der Waals surface area contributed by atoms with E-state index in [1.807, 2.05) is 25.1 Å². The number of allylic oxidation sites excluding steroid dienone is 1. The first-order chi connectivity index (χ1) is 7.22. The fourth-order valence-electron chi connectivity index (χ4n) is 1.64. The van der Waals surface area contributed by atoms with Crippen molar-refractivity contribution in [2.24, 2.45) is 4.99 Å². The molecule has 2 atom stereocenters. The Morgan fingerprint density at radius 2 is 2.27 bits per heavy atom. The first kappa shape index (κ1) is 10.4. The van der Waals surface area contributed by atoms with Gasteiger partial charge < -0.3 is 14.4 Å².